The van der Waals surface area contributed by atoms with Gasteiger partial charge in [0.25, 0.3) is 5.91 Å². The number of hydrogen-bond acceptors (Lipinski definition) is 9. The van der Waals surface area contributed by atoms with Crippen molar-refractivity contribution in [2.45, 2.75) is 85.1 Å². The molecule has 15 heteroatoms. The first kappa shape index (κ1) is 37.5. The van der Waals surface area contributed by atoms with Gasteiger partial charge in [-0.05, 0) is 85.0 Å². The zero-order chi connectivity index (χ0) is 34.9. The number of anilines is 2. The molecule has 260 valence electrons. The van der Waals surface area contributed by atoms with E-state index < -0.39 is 29.6 Å². The summed E-state index contributed by atoms with van der Waals surface area (Å²) >= 11 is 1.14. The molecular formula is C32H49N7O7S. The summed E-state index contributed by atoms with van der Waals surface area (Å²) in [6, 6.07) is 7.24. The Labute approximate surface area is 280 Å². The summed E-state index contributed by atoms with van der Waals surface area (Å²) in [5.74, 6) is -0.504. The Balaban J connectivity index is 1.73. The molecule has 1 aliphatic heterocycles. The quantitative estimate of drug-likeness (QED) is 0.149. The van der Waals surface area contributed by atoms with E-state index in [0.29, 0.717) is 40.8 Å². The van der Waals surface area contributed by atoms with Gasteiger partial charge in [-0.2, -0.15) is 0 Å². The number of carbonyl (C=O) groups is 4. The van der Waals surface area contributed by atoms with Crippen molar-refractivity contribution in [1.29, 1.82) is 0 Å². The van der Waals surface area contributed by atoms with E-state index in [4.69, 9.17) is 4.74 Å². The van der Waals surface area contributed by atoms with Crippen molar-refractivity contribution < 1.29 is 34.1 Å². The lowest BCUT2D eigenvalue weighted by Gasteiger charge is -2.48. The number of nitrogens with zero attached hydrogens (tertiary/aromatic N) is 4. The van der Waals surface area contributed by atoms with E-state index in [0.717, 1.165) is 66.0 Å². The molecule has 4 amide bonds. The van der Waals surface area contributed by atoms with Gasteiger partial charge < -0.3 is 30.9 Å². The van der Waals surface area contributed by atoms with Crippen LogP contribution >= 0.6 is 11.3 Å². The van der Waals surface area contributed by atoms with Crippen molar-refractivity contribution in [1.82, 2.24) is 25.0 Å². The van der Waals surface area contributed by atoms with Crippen LogP contribution in [0.4, 0.5) is 20.4 Å². The summed E-state index contributed by atoms with van der Waals surface area (Å²) in [6.07, 6.45) is -1.96. The third kappa shape index (κ3) is 11.1. The lowest BCUT2D eigenvalue weighted by Crippen LogP contribution is -2.66. The van der Waals surface area contributed by atoms with E-state index in [-0.39, 0.29) is 11.8 Å². The van der Waals surface area contributed by atoms with Gasteiger partial charge in [-0.1, -0.05) is 23.5 Å². The lowest BCUT2D eigenvalue weighted by molar-refractivity contribution is -0.114. The Kier molecular flexibility index (Phi) is 13.0. The Morgan fingerprint density at radius 2 is 1.53 bits per heavy atom. The van der Waals surface area contributed by atoms with Crippen LogP contribution in [0.2, 0.25) is 0 Å². The number of hydrogen-bond donors (Lipinski definition) is 5. The smallest absolute Gasteiger partial charge is 0.410 e. The minimum absolute atomic E-state index is 0.231. The fourth-order valence-electron chi connectivity index (χ4n) is 5.25. The fourth-order valence-corrected chi connectivity index (χ4v) is 6.23. The van der Waals surface area contributed by atoms with Crippen LogP contribution in [0.3, 0.4) is 0 Å². The topological polar surface area (TPSA) is 177 Å². The number of ether oxygens (including phenoxy) is 1. The second-order valence-corrected chi connectivity index (χ2v) is 14.4. The van der Waals surface area contributed by atoms with Gasteiger partial charge in [0.2, 0.25) is 5.91 Å². The molecule has 0 spiro atoms. The SMILES string of the molecule is CC(=O)Nc1nc(CCc2ccc(NC(N(C(=O)O)C(C)(C)C)N(C(=O)O)C(C)(C)C)cc2)c(C(=O)NCCCN2CCOCC2)s1. The Morgan fingerprint density at radius 1 is 0.957 bits per heavy atom. The van der Waals surface area contributed by atoms with Crippen LogP contribution in [0.25, 0.3) is 0 Å². The van der Waals surface area contributed by atoms with Gasteiger partial charge in [-0.25, -0.2) is 14.6 Å². The van der Waals surface area contributed by atoms with E-state index >= 15 is 0 Å². The van der Waals surface area contributed by atoms with Gasteiger partial charge >= 0.3 is 12.2 Å². The molecule has 0 aliphatic carbocycles. The molecular weight excluding hydrogens is 626 g/mol. The molecule has 0 atom stereocenters. The lowest BCUT2D eigenvalue weighted by atomic mass is 10.0. The summed E-state index contributed by atoms with van der Waals surface area (Å²) < 4.78 is 5.38. The summed E-state index contributed by atoms with van der Waals surface area (Å²) in [5.41, 5.74) is 0.201. The Morgan fingerprint density at radius 3 is 2.04 bits per heavy atom. The molecule has 1 saturated heterocycles. The monoisotopic (exact) mass is 675 g/mol. The molecule has 3 rings (SSSR count). The molecule has 14 nitrogen and oxygen atoms in total. The molecule has 0 radical (unpaired) electrons. The first-order valence-electron chi connectivity index (χ1n) is 15.7. The Bertz CT molecular complexity index is 1350. The largest absolute Gasteiger partial charge is 0.465 e. The number of carboxylic acid groups (broad SMARTS) is 2. The fraction of sp³-hybridized carbons (Fsp3) is 0.594. The highest BCUT2D eigenvalue weighted by Gasteiger charge is 2.43. The number of morpholine rings is 1. The molecule has 5 N–H and O–H groups in total. The first-order valence-corrected chi connectivity index (χ1v) is 16.5. The summed E-state index contributed by atoms with van der Waals surface area (Å²) in [5, 5.41) is 29.4. The minimum Gasteiger partial charge on any atom is -0.465 e. The standard InChI is InChI=1S/C32H49N7O7S/c1-21(40)34-27-36-24(25(47-27)26(41)33-15-8-16-37-17-19-46-20-18-37)14-11-22-9-12-23(13-10-22)35-28(38(29(42)43)31(2,3)4)39(30(44)45)32(5,6)7/h9-10,12-13,28,35H,8,11,14-20H2,1-7H3,(H,33,41)(H,42,43)(H,44,45)(H,34,36,40). The number of benzene rings is 1. The third-order valence-corrected chi connectivity index (χ3v) is 8.49. The highest BCUT2D eigenvalue weighted by atomic mass is 32.1. The van der Waals surface area contributed by atoms with Crippen molar-refractivity contribution in [3.05, 3.63) is 40.4 Å². The molecule has 1 fully saturated rings. The normalized spacial score (nSPS) is 14.0. The average molecular weight is 676 g/mol. The van der Waals surface area contributed by atoms with Crippen LogP contribution in [-0.2, 0) is 22.4 Å². The molecule has 1 aromatic heterocycles. The van der Waals surface area contributed by atoms with E-state index in [2.05, 4.69) is 25.8 Å². The summed E-state index contributed by atoms with van der Waals surface area (Å²) in [6.45, 7) is 16.2. The van der Waals surface area contributed by atoms with Crippen molar-refractivity contribution in [2.75, 3.05) is 50.0 Å². The maximum Gasteiger partial charge on any atom is 0.410 e. The molecule has 0 saturated carbocycles. The molecule has 0 bridgehead atoms. The van der Waals surface area contributed by atoms with Crippen LogP contribution in [0.5, 0.6) is 0 Å². The number of nitrogens with one attached hydrogen (secondary N) is 3. The predicted molar refractivity (Wildman–Crippen MR) is 181 cm³/mol. The second-order valence-electron chi connectivity index (χ2n) is 13.4. The first-order chi connectivity index (χ1) is 22.0. The maximum atomic E-state index is 13.1. The van der Waals surface area contributed by atoms with Crippen LogP contribution in [-0.4, -0.2) is 111 Å². The van der Waals surface area contributed by atoms with Gasteiger partial charge in [0.15, 0.2) is 11.4 Å². The summed E-state index contributed by atoms with van der Waals surface area (Å²) in [4.78, 5) is 59.1. The second kappa shape index (κ2) is 16.2. The van der Waals surface area contributed by atoms with E-state index in [1.54, 1.807) is 53.7 Å². The van der Waals surface area contributed by atoms with Crippen LogP contribution < -0.4 is 16.0 Å². The third-order valence-electron chi connectivity index (χ3n) is 7.47. The van der Waals surface area contributed by atoms with Gasteiger partial charge in [0.05, 0.1) is 18.9 Å². The van der Waals surface area contributed by atoms with Gasteiger partial charge in [-0.3, -0.25) is 24.3 Å². The van der Waals surface area contributed by atoms with Crippen molar-refractivity contribution in [3.8, 4) is 0 Å². The number of rotatable bonds is 13. The van der Waals surface area contributed by atoms with Crippen LogP contribution in [0.1, 0.15) is 75.8 Å². The molecule has 2 aromatic rings. The molecule has 2 heterocycles. The highest BCUT2D eigenvalue weighted by Crippen LogP contribution is 2.28. The van der Waals surface area contributed by atoms with Crippen molar-refractivity contribution >= 4 is 46.2 Å². The zero-order valence-electron chi connectivity index (χ0n) is 28.4. The molecule has 1 aromatic carbocycles. The number of carbonyl (C=O) groups excluding carboxylic acids is 2. The van der Waals surface area contributed by atoms with E-state index in [1.807, 2.05) is 12.1 Å². The number of aromatic nitrogens is 1. The zero-order valence-corrected chi connectivity index (χ0v) is 29.2. The average Bonchev–Trinajstić information content (AvgIpc) is 3.35. The number of amides is 4. The van der Waals surface area contributed by atoms with E-state index in [1.165, 1.54) is 6.92 Å². The predicted octanol–water partition coefficient (Wildman–Crippen LogP) is 4.59. The highest BCUT2D eigenvalue weighted by molar-refractivity contribution is 7.17. The van der Waals surface area contributed by atoms with Crippen LogP contribution in [0, 0.1) is 0 Å². The number of thiazole rings is 1. The Hall–Kier alpha value is -3.95. The molecule has 1 aliphatic rings. The molecule has 0 unspecified atom stereocenters. The van der Waals surface area contributed by atoms with Gasteiger partial charge in [-0.15, -0.1) is 0 Å². The van der Waals surface area contributed by atoms with Crippen LogP contribution in [0.15, 0.2) is 24.3 Å². The van der Waals surface area contributed by atoms with Crippen molar-refractivity contribution in [3.63, 3.8) is 0 Å². The van der Waals surface area contributed by atoms with Gasteiger partial charge in [0.1, 0.15) is 4.88 Å². The van der Waals surface area contributed by atoms with E-state index in [9.17, 15) is 29.4 Å². The van der Waals surface area contributed by atoms with Crippen molar-refractivity contribution in [2.24, 2.45) is 0 Å². The summed E-state index contributed by atoms with van der Waals surface area (Å²) in [7, 11) is 0. The van der Waals surface area contributed by atoms with Gasteiger partial charge in [0, 0.05) is 43.3 Å². The number of aryl methyl sites for hydroxylation is 2. The maximum absolute atomic E-state index is 13.1. The minimum atomic E-state index is -1.26. The molecule has 47 heavy (non-hydrogen) atoms.